The molecule has 3 aliphatic carbocycles. The molecule has 0 amide bonds. The monoisotopic (exact) mass is 855 g/mol. The summed E-state index contributed by atoms with van der Waals surface area (Å²) in [6, 6.07) is 78.3. The number of benzene rings is 10. The molecule has 0 saturated carbocycles. The Morgan fingerprint density at radius 2 is 0.746 bits per heavy atom. The molecule has 15 rings (SSSR count). The third-order valence-corrected chi connectivity index (χ3v) is 15.5. The molecule has 0 unspecified atom stereocenters. The highest BCUT2D eigenvalue weighted by Crippen LogP contribution is 2.63. The Morgan fingerprint density at radius 3 is 1.39 bits per heavy atom. The summed E-state index contributed by atoms with van der Waals surface area (Å²) in [6.45, 7) is 4.72. The van der Waals surface area contributed by atoms with Crippen LogP contribution < -0.4 is 4.90 Å². The van der Waals surface area contributed by atoms with Crippen LogP contribution in [0.15, 0.2) is 221 Å². The summed E-state index contributed by atoms with van der Waals surface area (Å²) in [5, 5.41) is 4.22. The predicted molar refractivity (Wildman–Crippen MR) is 275 cm³/mol. The first-order valence-electron chi connectivity index (χ1n) is 23.3. The highest BCUT2D eigenvalue weighted by molar-refractivity contribution is 6.15. The molecule has 2 heterocycles. The SMILES string of the molecule is CC1(C)c2ccccc2-c2ccc(N(c3ccc4c(c3)C3(c5ccccc5-c5ccccc53)c3ccccc3-4)c3ccc4c(c3)oc3cc5c(cc34)oc3ccc(-c4ccccc4)cc35)cc21. The number of furan rings is 2. The van der Waals surface area contributed by atoms with Crippen LogP contribution >= 0.6 is 0 Å². The normalized spacial score (nSPS) is 14.4. The summed E-state index contributed by atoms with van der Waals surface area (Å²) in [5.74, 6) is 0. The van der Waals surface area contributed by atoms with Crippen LogP contribution in [0.4, 0.5) is 17.1 Å². The van der Waals surface area contributed by atoms with E-state index in [1.54, 1.807) is 0 Å². The minimum Gasteiger partial charge on any atom is -0.456 e. The van der Waals surface area contributed by atoms with Crippen LogP contribution in [0.3, 0.4) is 0 Å². The summed E-state index contributed by atoms with van der Waals surface area (Å²) in [5.41, 5.74) is 24.1. The average Bonchev–Trinajstić information content (AvgIpc) is 4.14. The zero-order chi connectivity index (χ0) is 44.2. The maximum atomic E-state index is 6.91. The summed E-state index contributed by atoms with van der Waals surface area (Å²) < 4.78 is 13.4. The molecule has 0 saturated heterocycles. The molecule has 0 atom stereocenters. The van der Waals surface area contributed by atoms with Crippen molar-refractivity contribution in [3.05, 3.63) is 246 Å². The van der Waals surface area contributed by atoms with E-state index < -0.39 is 5.41 Å². The van der Waals surface area contributed by atoms with Gasteiger partial charge >= 0.3 is 0 Å². The van der Waals surface area contributed by atoms with E-state index in [0.717, 1.165) is 66.5 Å². The van der Waals surface area contributed by atoms with Crippen molar-refractivity contribution >= 4 is 60.9 Å². The Kier molecular flexibility index (Phi) is 7.22. The largest absolute Gasteiger partial charge is 0.456 e. The van der Waals surface area contributed by atoms with Gasteiger partial charge in [0.1, 0.15) is 22.3 Å². The zero-order valence-electron chi connectivity index (χ0n) is 37.0. The Hall–Kier alpha value is -8.40. The molecule has 314 valence electrons. The van der Waals surface area contributed by atoms with E-state index in [9.17, 15) is 0 Å². The van der Waals surface area contributed by atoms with Gasteiger partial charge in [-0.3, -0.25) is 0 Å². The van der Waals surface area contributed by atoms with Crippen LogP contribution in [0.2, 0.25) is 0 Å². The van der Waals surface area contributed by atoms with E-state index in [1.165, 1.54) is 72.3 Å². The van der Waals surface area contributed by atoms with E-state index in [2.05, 4.69) is 231 Å². The molecule has 0 radical (unpaired) electrons. The summed E-state index contributed by atoms with van der Waals surface area (Å²) >= 11 is 0. The van der Waals surface area contributed by atoms with Gasteiger partial charge in [-0.05, 0) is 139 Å². The lowest BCUT2D eigenvalue weighted by molar-refractivity contribution is 0.660. The lowest BCUT2D eigenvalue weighted by atomic mass is 9.70. The smallest absolute Gasteiger partial charge is 0.137 e. The van der Waals surface area contributed by atoms with Crippen LogP contribution in [0.25, 0.3) is 88.4 Å². The zero-order valence-corrected chi connectivity index (χ0v) is 37.0. The number of hydrogen-bond acceptors (Lipinski definition) is 3. The third-order valence-electron chi connectivity index (χ3n) is 15.5. The summed E-state index contributed by atoms with van der Waals surface area (Å²) in [4.78, 5) is 2.44. The van der Waals surface area contributed by atoms with Crippen LogP contribution in [0.1, 0.15) is 47.2 Å². The van der Waals surface area contributed by atoms with Crippen LogP contribution in [-0.2, 0) is 10.8 Å². The lowest BCUT2D eigenvalue weighted by Crippen LogP contribution is -2.26. The Bertz CT molecular complexity index is 4030. The molecule has 1 spiro atoms. The predicted octanol–water partition coefficient (Wildman–Crippen LogP) is 17.3. The van der Waals surface area contributed by atoms with Gasteiger partial charge in [-0.2, -0.15) is 0 Å². The molecule has 0 bridgehead atoms. The number of nitrogens with zero attached hydrogens (tertiary/aromatic N) is 1. The maximum Gasteiger partial charge on any atom is 0.137 e. The van der Waals surface area contributed by atoms with Crippen molar-refractivity contribution in [1.29, 1.82) is 0 Å². The van der Waals surface area contributed by atoms with Gasteiger partial charge in [-0.1, -0.05) is 159 Å². The van der Waals surface area contributed by atoms with E-state index >= 15 is 0 Å². The highest BCUT2D eigenvalue weighted by atomic mass is 16.3. The van der Waals surface area contributed by atoms with Crippen molar-refractivity contribution < 1.29 is 8.83 Å². The highest BCUT2D eigenvalue weighted by Gasteiger charge is 2.51. The molecule has 67 heavy (non-hydrogen) atoms. The summed E-state index contributed by atoms with van der Waals surface area (Å²) in [6.07, 6.45) is 0. The first-order chi connectivity index (χ1) is 32.9. The maximum absolute atomic E-state index is 6.91. The van der Waals surface area contributed by atoms with Crippen molar-refractivity contribution in [2.45, 2.75) is 24.7 Å². The first-order valence-corrected chi connectivity index (χ1v) is 23.3. The Balaban J connectivity index is 0.945. The quantitative estimate of drug-likeness (QED) is 0.177. The molecule has 0 N–H and O–H groups in total. The molecular formula is C64H41NO2. The van der Waals surface area contributed by atoms with Crippen molar-refractivity contribution in [1.82, 2.24) is 0 Å². The van der Waals surface area contributed by atoms with Crippen LogP contribution in [0.5, 0.6) is 0 Å². The first kappa shape index (κ1) is 36.9. The number of hydrogen-bond donors (Lipinski definition) is 0. The molecule has 3 aliphatic rings. The van der Waals surface area contributed by atoms with Gasteiger partial charge < -0.3 is 13.7 Å². The molecular weight excluding hydrogens is 815 g/mol. The molecule has 3 nitrogen and oxygen atoms in total. The van der Waals surface area contributed by atoms with E-state index in [-0.39, 0.29) is 5.41 Å². The van der Waals surface area contributed by atoms with Gasteiger partial charge in [0.15, 0.2) is 0 Å². The van der Waals surface area contributed by atoms with Crippen LogP contribution in [0, 0.1) is 0 Å². The van der Waals surface area contributed by atoms with Crippen molar-refractivity contribution in [2.24, 2.45) is 0 Å². The fourth-order valence-electron chi connectivity index (χ4n) is 12.5. The Labute approximate surface area is 387 Å². The second-order valence-corrected chi connectivity index (χ2v) is 19.2. The lowest BCUT2D eigenvalue weighted by Gasteiger charge is -2.32. The van der Waals surface area contributed by atoms with Gasteiger partial charge in [0.05, 0.1) is 5.41 Å². The Morgan fingerprint density at radius 1 is 0.299 bits per heavy atom. The van der Waals surface area contributed by atoms with Crippen molar-refractivity contribution in [2.75, 3.05) is 4.90 Å². The molecule has 10 aromatic carbocycles. The van der Waals surface area contributed by atoms with Gasteiger partial charge in [-0.25, -0.2) is 0 Å². The van der Waals surface area contributed by atoms with Gasteiger partial charge in [0.25, 0.3) is 0 Å². The second kappa shape index (κ2) is 13.1. The van der Waals surface area contributed by atoms with E-state index in [0.29, 0.717) is 0 Å². The van der Waals surface area contributed by atoms with Crippen molar-refractivity contribution in [3.8, 4) is 44.5 Å². The summed E-state index contributed by atoms with van der Waals surface area (Å²) in [7, 11) is 0. The third kappa shape index (κ3) is 4.85. The number of fused-ring (bicyclic) bond motifs is 19. The average molecular weight is 856 g/mol. The molecule has 12 aromatic rings. The molecule has 3 heteroatoms. The fraction of sp³-hybridized carbons (Fsp3) is 0.0625. The molecule has 2 aromatic heterocycles. The van der Waals surface area contributed by atoms with Gasteiger partial charge in [0, 0.05) is 50.1 Å². The minimum absolute atomic E-state index is 0.167. The van der Waals surface area contributed by atoms with Gasteiger partial charge in [-0.15, -0.1) is 0 Å². The molecule has 0 fully saturated rings. The van der Waals surface area contributed by atoms with E-state index in [1.807, 2.05) is 0 Å². The second-order valence-electron chi connectivity index (χ2n) is 19.2. The minimum atomic E-state index is -0.464. The number of rotatable bonds is 4. The van der Waals surface area contributed by atoms with E-state index in [4.69, 9.17) is 8.83 Å². The standard InChI is InChI=1S/C64H41NO2/c1-63(2)53-20-10-6-16-43(53)47-28-25-40(33-57(47)63)65(41-26-29-48-46-19-9-13-23-56(46)64(58(48)34-41)54-21-11-7-17-44(54)45-18-8-12-22-55(45)64)42-27-30-49-51-36-62-52(37-61(51)67-60(49)35-42)50-32-39(24-31-59(50)66-62)38-14-4-3-5-15-38/h3-37H,1-2H3. The van der Waals surface area contributed by atoms with Crippen molar-refractivity contribution in [3.63, 3.8) is 0 Å². The molecule has 0 aliphatic heterocycles. The van der Waals surface area contributed by atoms with Gasteiger partial charge in [0.2, 0.25) is 0 Å². The topological polar surface area (TPSA) is 29.5 Å². The number of anilines is 3. The fourth-order valence-corrected chi connectivity index (χ4v) is 12.5. The van der Waals surface area contributed by atoms with Crippen LogP contribution in [-0.4, -0.2) is 0 Å².